The summed E-state index contributed by atoms with van der Waals surface area (Å²) >= 11 is 0. The van der Waals surface area contributed by atoms with Gasteiger partial charge in [0.25, 0.3) is 5.91 Å². The van der Waals surface area contributed by atoms with Crippen LogP contribution in [0.25, 0.3) is 0 Å². The van der Waals surface area contributed by atoms with Crippen molar-refractivity contribution in [2.45, 2.75) is 45.8 Å². The highest BCUT2D eigenvalue weighted by Gasteiger charge is 2.39. The summed E-state index contributed by atoms with van der Waals surface area (Å²) in [5.41, 5.74) is 1.36. The standard InChI is InChI=1S/C22H25N7O3/c1-13-9-14(2)28(22(32)23-13)12-19(30)29-11-17(10-18(29)20-24-15(3)26-27-20)25-21(31)16-7-5-4-6-8-16/h4-9,17-18H,10-12H2,1-3H3,(H,25,31)(H,24,26,27)/t17-,18-/m0/s1. The summed E-state index contributed by atoms with van der Waals surface area (Å²) in [6.45, 7) is 5.45. The van der Waals surface area contributed by atoms with Gasteiger partial charge >= 0.3 is 5.69 Å². The fourth-order valence-corrected chi connectivity index (χ4v) is 4.02. The number of H-pyrrole nitrogens is 1. The van der Waals surface area contributed by atoms with Crippen molar-refractivity contribution in [2.75, 3.05) is 6.54 Å². The fourth-order valence-electron chi connectivity index (χ4n) is 4.02. The molecule has 0 bridgehead atoms. The van der Waals surface area contributed by atoms with Crippen LogP contribution >= 0.6 is 0 Å². The first-order valence-corrected chi connectivity index (χ1v) is 10.4. The van der Waals surface area contributed by atoms with Crippen molar-refractivity contribution in [3.8, 4) is 0 Å². The highest BCUT2D eigenvalue weighted by molar-refractivity contribution is 5.94. The lowest BCUT2D eigenvalue weighted by molar-refractivity contribution is -0.133. The molecular weight excluding hydrogens is 410 g/mol. The van der Waals surface area contributed by atoms with Crippen LogP contribution < -0.4 is 11.0 Å². The number of hydrogen-bond donors (Lipinski definition) is 2. The molecular formula is C22H25N7O3. The molecule has 1 saturated heterocycles. The van der Waals surface area contributed by atoms with Crippen LogP contribution in [0.15, 0.2) is 41.2 Å². The molecule has 0 spiro atoms. The molecule has 10 heteroatoms. The van der Waals surface area contributed by atoms with E-state index in [0.717, 1.165) is 0 Å². The zero-order chi connectivity index (χ0) is 22.8. The summed E-state index contributed by atoms with van der Waals surface area (Å²) < 4.78 is 1.35. The summed E-state index contributed by atoms with van der Waals surface area (Å²) in [4.78, 5) is 48.2. The zero-order valence-electron chi connectivity index (χ0n) is 18.2. The molecule has 2 amide bonds. The lowest BCUT2D eigenvalue weighted by Crippen LogP contribution is -2.41. The summed E-state index contributed by atoms with van der Waals surface area (Å²) in [5.74, 6) is 0.659. The molecule has 10 nitrogen and oxygen atoms in total. The molecule has 4 rings (SSSR count). The van der Waals surface area contributed by atoms with Crippen molar-refractivity contribution < 1.29 is 9.59 Å². The molecule has 2 N–H and O–H groups in total. The van der Waals surface area contributed by atoms with E-state index in [-0.39, 0.29) is 24.4 Å². The number of benzene rings is 1. The van der Waals surface area contributed by atoms with E-state index in [9.17, 15) is 14.4 Å². The van der Waals surface area contributed by atoms with E-state index >= 15 is 0 Å². The van der Waals surface area contributed by atoms with Crippen molar-refractivity contribution in [1.29, 1.82) is 0 Å². The molecule has 166 valence electrons. The molecule has 1 fully saturated rings. The molecule has 32 heavy (non-hydrogen) atoms. The van der Waals surface area contributed by atoms with E-state index in [1.54, 1.807) is 56.0 Å². The van der Waals surface area contributed by atoms with Crippen LogP contribution in [0.3, 0.4) is 0 Å². The van der Waals surface area contributed by atoms with E-state index < -0.39 is 11.7 Å². The maximum Gasteiger partial charge on any atom is 0.348 e. The van der Waals surface area contributed by atoms with E-state index in [2.05, 4.69) is 25.5 Å². The van der Waals surface area contributed by atoms with Gasteiger partial charge in [0.15, 0.2) is 5.82 Å². The summed E-state index contributed by atoms with van der Waals surface area (Å²) in [6.07, 6.45) is 0.474. The number of aryl methyl sites for hydroxylation is 3. The third-order valence-corrected chi connectivity index (χ3v) is 5.54. The summed E-state index contributed by atoms with van der Waals surface area (Å²) in [5, 5.41) is 10.0. The van der Waals surface area contributed by atoms with Crippen LogP contribution in [0.1, 0.15) is 45.9 Å². The predicted molar refractivity (Wildman–Crippen MR) is 116 cm³/mol. The molecule has 2 aromatic heterocycles. The van der Waals surface area contributed by atoms with Gasteiger partial charge in [0.2, 0.25) is 5.91 Å². The molecule has 3 aromatic rings. The van der Waals surface area contributed by atoms with E-state index in [1.165, 1.54) is 4.57 Å². The lowest BCUT2D eigenvalue weighted by atomic mass is 10.1. The third kappa shape index (κ3) is 4.43. The van der Waals surface area contributed by atoms with Gasteiger partial charge in [0.1, 0.15) is 12.4 Å². The van der Waals surface area contributed by atoms with Crippen molar-refractivity contribution in [2.24, 2.45) is 0 Å². The molecule has 0 radical (unpaired) electrons. The molecule has 1 aromatic carbocycles. The first-order valence-electron chi connectivity index (χ1n) is 10.4. The number of nitrogens with one attached hydrogen (secondary N) is 2. The average Bonchev–Trinajstić information content (AvgIpc) is 3.37. The topological polar surface area (TPSA) is 126 Å². The average molecular weight is 435 g/mol. The number of carbonyl (C=O) groups excluding carboxylic acids is 2. The van der Waals surface area contributed by atoms with E-state index in [0.29, 0.717) is 41.6 Å². The number of aromatic amines is 1. The van der Waals surface area contributed by atoms with E-state index in [4.69, 9.17) is 0 Å². The second-order valence-corrected chi connectivity index (χ2v) is 8.02. The van der Waals surface area contributed by atoms with E-state index in [1.807, 2.05) is 6.07 Å². The smallest absolute Gasteiger partial charge is 0.347 e. The van der Waals surface area contributed by atoms with Crippen LogP contribution in [0, 0.1) is 20.8 Å². The maximum absolute atomic E-state index is 13.3. The van der Waals surface area contributed by atoms with Gasteiger partial charge in [0, 0.05) is 29.5 Å². The maximum atomic E-state index is 13.3. The Bertz CT molecular complexity index is 1200. The SMILES string of the molecule is Cc1cc(C)n(CC(=O)N2C[C@@H](NC(=O)c3ccccc3)C[C@H]2c2n[nH]c(C)n2)c(=O)n1. The van der Waals surface area contributed by atoms with Gasteiger partial charge in [-0.1, -0.05) is 18.2 Å². The van der Waals surface area contributed by atoms with Crippen LogP contribution in [-0.2, 0) is 11.3 Å². The Balaban J connectivity index is 1.56. The second kappa shape index (κ2) is 8.74. The van der Waals surface area contributed by atoms with Crippen LogP contribution in [-0.4, -0.2) is 54.0 Å². The van der Waals surface area contributed by atoms with Crippen molar-refractivity contribution >= 4 is 11.8 Å². The molecule has 1 aliphatic rings. The third-order valence-electron chi connectivity index (χ3n) is 5.54. The number of amides is 2. The highest BCUT2D eigenvalue weighted by atomic mass is 16.2. The van der Waals surface area contributed by atoms with Crippen molar-refractivity contribution in [3.05, 3.63) is 75.5 Å². The number of carbonyl (C=O) groups is 2. The minimum absolute atomic E-state index is 0.142. The van der Waals surface area contributed by atoms with Gasteiger partial charge < -0.3 is 10.2 Å². The van der Waals surface area contributed by atoms with Crippen molar-refractivity contribution in [3.63, 3.8) is 0 Å². The van der Waals surface area contributed by atoms with Crippen LogP contribution in [0.2, 0.25) is 0 Å². The normalized spacial score (nSPS) is 18.0. The number of aromatic nitrogens is 5. The molecule has 2 atom stereocenters. The van der Waals surface area contributed by atoms with Gasteiger partial charge in [-0.15, -0.1) is 0 Å². The minimum Gasteiger partial charge on any atom is -0.347 e. The fraction of sp³-hybridized carbons (Fsp3) is 0.364. The number of hydrogen-bond acceptors (Lipinski definition) is 6. The Morgan fingerprint density at radius 3 is 2.56 bits per heavy atom. The molecule has 0 aliphatic carbocycles. The van der Waals surface area contributed by atoms with Gasteiger partial charge in [-0.3, -0.25) is 19.3 Å². The Morgan fingerprint density at radius 2 is 1.91 bits per heavy atom. The Morgan fingerprint density at radius 1 is 1.16 bits per heavy atom. The minimum atomic E-state index is -0.464. The molecule has 0 saturated carbocycles. The van der Waals surface area contributed by atoms with Crippen molar-refractivity contribution in [1.82, 2.24) is 34.9 Å². The molecule has 3 heterocycles. The monoisotopic (exact) mass is 435 g/mol. The quantitative estimate of drug-likeness (QED) is 0.617. The highest BCUT2D eigenvalue weighted by Crippen LogP contribution is 2.30. The Labute approximate surface area is 184 Å². The van der Waals surface area contributed by atoms with Gasteiger partial charge in [-0.2, -0.15) is 10.1 Å². The van der Waals surface area contributed by atoms with Crippen LogP contribution in [0.4, 0.5) is 0 Å². The molecule has 1 aliphatic heterocycles. The first kappa shape index (κ1) is 21.4. The second-order valence-electron chi connectivity index (χ2n) is 8.02. The Hall–Kier alpha value is -3.82. The first-order chi connectivity index (χ1) is 15.3. The molecule has 0 unspecified atom stereocenters. The predicted octanol–water partition coefficient (Wildman–Crippen LogP) is 1.06. The largest absolute Gasteiger partial charge is 0.348 e. The van der Waals surface area contributed by atoms with Gasteiger partial charge in [-0.05, 0) is 45.4 Å². The Kier molecular flexibility index (Phi) is 5.85. The van der Waals surface area contributed by atoms with Gasteiger partial charge in [-0.25, -0.2) is 9.78 Å². The number of rotatable bonds is 5. The summed E-state index contributed by atoms with van der Waals surface area (Å²) in [7, 11) is 0. The number of nitrogens with zero attached hydrogens (tertiary/aromatic N) is 5. The van der Waals surface area contributed by atoms with Gasteiger partial charge in [0.05, 0.1) is 6.04 Å². The number of likely N-dealkylation sites (tertiary alicyclic amines) is 1. The van der Waals surface area contributed by atoms with Crippen LogP contribution in [0.5, 0.6) is 0 Å². The zero-order valence-corrected chi connectivity index (χ0v) is 18.2. The summed E-state index contributed by atoms with van der Waals surface area (Å²) in [6, 6.07) is 10.00. The lowest BCUT2D eigenvalue weighted by Gasteiger charge is -2.23.